The fourth-order valence-electron chi connectivity index (χ4n) is 3.48. The fraction of sp³-hybridized carbons (Fsp3) is 0.625. The molecule has 2 saturated heterocycles. The first-order chi connectivity index (χ1) is 9.16. The van der Waals surface area contributed by atoms with E-state index in [1.807, 2.05) is 18.2 Å². The molecular formula is C16H22O3. The van der Waals surface area contributed by atoms with Gasteiger partial charge in [0.25, 0.3) is 0 Å². The van der Waals surface area contributed by atoms with Crippen molar-refractivity contribution in [3.8, 4) is 0 Å². The molecule has 0 unspecified atom stereocenters. The zero-order valence-electron chi connectivity index (χ0n) is 11.5. The minimum Gasteiger partial charge on any atom is -0.390 e. The predicted octanol–water partition coefficient (Wildman–Crippen LogP) is 2.38. The van der Waals surface area contributed by atoms with Crippen LogP contribution in [0.1, 0.15) is 25.8 Å². The van der Waals surface area contributed by atoms with Crippen LogP contribution in [-0.2, 0) is 16.1 Å². The van der Waals surface area contributed by atoms with E-state index in [2.05, 4.69) is 26.0 Å². The van der Waals surface area contributed by atoms with Crippen LogP contribution in [0.5, 0.6) is 0 Å². The summed E-state index contributed by atoms with van der Waals surface area (Å²) in [6, 6.07) is 10.2. The molecule has 2 aliphatic heterocycles. The molecule has 1 aromatic carbocycles. The molecule has 1 aromatic rings. The second kappa shape index (κ2) is 5.23. The maximum Gasteiger partial charge on any atom is 0.0889 e. The minimum absolute atomic E-state index is 0.0537. The molecule has 2 fully saturated rings. The van der Waals surface area contributed by atoms with Crippen molar-refractivity contribution < 1.29 is 14.6 Å². The van der Waals surface area contributed by atoms with Crippen LogP contribution >= 0.6 is 0 Å². The lowest BCUT2D eigenvalue weighted by Gasteiger charge is -2.39. The van der Waals surface area contributed by atoms with E-state index in [9.17, 15) is 5.11 Å². The van der Waals surface area contributed by atoms with E-state index in [0.717, 1.165) is 6.42 Å². The Morgan fingerprint density at radius 1 is 1.21 bits per heavy atom. The van der Waals surface area contributed by atoms with E-state index >= 15 is 0 Å². The Bertz CT molecular complexity index is 419. The summed E-state index contributed by atoms with van der Waals surface area (Å²) >= 11 is 0. The van der Waals surface area contributed by atoms with Crippen LogP contribution in [0.4, 0.5) is 0 Å². The standard InChI is InChI=1S/C16H22O3/c1-10-14-8-13(17)16(19-14)11(2)15(10)18-9-12-6-4-3-5-7-12/h3-7,10-11,13-17H,8-9H2,1-2H3/t10-,11-,13+,14+,15-,16+/m1/s1. The van der Waals surface area contributed by atoms with E-state index in [1.165, 1.54) is 5.56 Å². The summed E-state index contributed by atoms with van der Waals surface area (Å²) < 4.78 is 12.0. The van der Waals surface area contributed by atoms with Crippen molar-refractivity contribution in [1.82, 2.24) is 0 Å². The fourth-order valence-corrected chi connectivity index (χ4v) is 3.48. The van der Waals surface area contributed by atoms with E-state index < -0.39 is 0 Å². The van der Waals surface area contributed by atoms with Gasteiger partial charge >= 0.3 is 0 Å². The van der Waals surface area contributed by atoms with Crippen molar-refractivity contribution in [2.45, 2.75) is 51.3 Å². The molecule has 0 amide bonds. The third kappa shape index (κ3) is 2.42. The van der Waals surface area contributed by atoms with Crippen molar-refractivity contribution in [3.63, 3.8) is 0 Å². The van der Waals surface area contributed by atoms with Gasteiger partial charge in [0.1, 0.15) is 0 Å². The Balaban J connectivity index is 1.67. The number of hydrogen-bond acceptors (Lipinski definition) is 3. The lowest BCUT2D eigenvalue weighted by Crippen LogP contribution is -2.46. The Hall–Kier alpha value is -0.900. The van der Waals surface area contributed by atoms with E-state index in [4.69, 9.17) is 9.47 Å². The van der Waals surface area contributed by atoms with Gasteiger partial charge in [-0.25, -0.2) is 0 Å². The molecular weight excluding hydrogens is 240 g/mol. The van der Waals surface area contributed by atoms with Crippen LogP contribution in [0, 0.1) is 11.8 Å². The lowest BCUT2D eigenvalue weighted by molar-refractivity contribution is -0.163. The average molecular weight is 262 g/mol. The Morgan fingerprint density at radius 2 is 1.95 bits per heavy atom. The van der Waals surface area contributed by atoms with E-state index in [0.29, 0.717) is 12.5 Å². The van der Waals surface area contributed by atoms with Crippen LogP contribution in [0.25, 0.3) is 0 Å². The minimum atomic E-state index is -0.326. The molecule has 0 aliphatic carbocycles. The van der Waals surface area contributed by atoms with Crippen LogP contribution in [-0.4, -0.2) is 29.5 Å². The van der Waals surface area contributed by atoms with Crippen LogP contribution in [0.2, 0.25) is 0 Å². The summed E-state index contributed by atoms with van der Waals surface area (Å²) in [6.07, 6.45) is 0.689. The van der Waals surface area contributed by atoms with Crippen LogP contribution in [0.3, 0.4) is 0 Å². The molecule has 3 heteroatoms. The highest BCUT2D eigenvalue weighted by Gasteiger charge is 2.50. The molecule has 3 nitrogen and oxygen atoms in total. The molecule has 3 rings (SSSR count). The predicted molar refractivity (Wildman–Crippen MR) is 72.6 cm³/mol. The lowest BCUT2D eigenvalue weighted by atomic mass is 9.86. The van der Waals surface area contributed by atoms with Crippen molar-refractivity contribution in [2.75, 3.05) is 0 Å². The van der Waals surface area contributed by atoms with Gasteiger partial charge < -0.3 is 14.6 Å². The number of hydrogen-bond donors (Lipinski definition) is 1. The van der Waals surface area contributed by atoms with E-state index in [1.54, 1.807) is 0 Å². The number of aliphatic hydroxyl groups excluding tert-OH is 1. The first kappa shape index (κ1) is 13.1. The average Bonchev–Trinajstić information content (AvgIpc) is 2.78. The van der Waals surface area contributed by atoms with Gasteiger partial charge in [-0.2, -0.15) is 0 Å². The number of fused-ring (bicyclic) bond motifs is 2. The summed E-state index contributed by atoms with van der Waals surface area (Å²) in [5, 5.41) is 10.0. The SMILES string of the molecule is C[C@@H]1[C@H](OCc2ccccc2)[C@H](C)[C@@H]2C[C@H](O)[C@H]1O2. The van der Waals surface area contributed by atoms with Crippen molar-refractivity contribution >= 4 is 0 Å². The molecule has 0 radical (unpaired) electrons. The van der Waals surface area contributed by atoms with Gasteiger partial charge in [-0.3, -0.25) is 0 Å². The number of benzene rings is 1. The van der Waals surface area contributed by atoms with Gasteiger partial charge in [-0.05, 0) is 5.56 Å². The molecule has 6 atom stereocenters. The second-order valence-electron chi connectivity index (χ2n) is 5.92. The normalized spacial score (nSPS) is 41.4. The highest BCUT2D eigenvalue weighted by Crippen LogP contribution is 2.41. The van der Waals surface area contributed by atoms with Gasteiger partial charge in [-0.15, -0.1) is 0 Å². The van der Waals surface area contributed by atoms with Gasteiger partial charge in [-0.1, -0.05) is 44.2 Å². The summed E-state index contributed by atoms with van der Waals surface area (Å²) in [5.74, 6) is 0.583. The van der Waals surface area contributed by atoms with Gasteiger partial charge in [0.2, 0.25) is 0 Å². The van der Waals surface area contributed by atoms with E-state index in [-0.39, 0.29) is 30.3 Å². The maximum absolute atomic E-state index is 10.0. The number of ether oxygens (including phenoxy) is 2. The van der Waals surface area contributed by atoms with Crippen molar-refractivity contribution in [3.05, 3.63) is 35.9 Å². The monoisotopic (exact) mass is 262 g/mol. The zero-order valence-corrected chi connectivity index (χ0v) is 11.5. The van der Waals surface area contributed by atoms with Gasteiger partial charge in [0, 0.05) is 18.3 Å². The molecule has 19 heavy (non-hydrogen) atoms. The van der Waals surface area contributed by atoms with Crippen molar-refractivity contribution in [1.29, 1.82) is 0 Å². The maximum atomic E-state index is 10.0. The van der Waals surface area contributed by atoms with Gasteiger partial charge in [0.05, 0.1) is 31.0 Å². The molecule has 1 N–H and O–H groups in total. The quantitative estimate of drug-likeness (QED) is 0.909. The number of aliphatic hydroxyl groups is 1. The topological polar surface area (TPSA) is 38.7 Å². The first-order valence-corrected chi connectivity index (χ1v) is 7.16. The molecule has 2 heterocycles. The Kier molecular flexibility index (Phi) is 3.61. The summed E-state index contributed by atoms with van der Waals surface area (Å²) in [6.45, 7) is 4.93. The highest BCUT2D eigenvalue weighted by atomic mass is 16.5. The third-order valence-corrected chi connectivity index (χ3v) is 4.61. The Morgan fingerprint density at radius 3 is 2.68 bits per heavy atom. The molecule has 2 aliphatic rings. The van der Waals surface area contributed by atoms with Crippen molar-refractivity contribution in [2.24, 2.45) is 11.8 Å². The molecule has 0 spiro atoms. The summed E-state index contributed by atoms with van der Waals surface area (Å²) in [4.78, 5) is 0. The molecule has 0 saturated carbocycles. The van der Waals surface area contributed by atoms with Crippen LogP contribution < -0.4 is 0 Å². The smallest absolute Gasteiger partial charge is 0.0889 e. The van der Waals surface area contributed by atoms with Gasteiger partial charge in [0.15, 0.2) is 0 Å². The number of rotatable bonds is 3. The Labute approximate surface area is 114 Å². The molecule has 0 aromatic heterocycles. The third-order valence-electron chi connectivity index (χ3n) is 4.61. The zero-order chi connectivity index (χ0) is 13.4. The van der Waals surface area contributed by atoms with Crippen LogP contribution in [0.15, 0.2) is 30.3 Å². The largest absolute Gasteiger partial charge is 0.390 e. The summed E-state index contributed by atoms with van der Waals surface area (Å²) in [5.41, 5.74) is 1.20. The second-order valence-corrected chi connectivity index (χ2v) is 5.92. The first-order valence-electron chi connectivity index (χ1n) is 7.16. The highest BCUT2D eigenvalue weighted by molar-refractivity contribution is 5.13. The molecule has 104 valence electrons. The molecule has 2 bridgehead atoms. The summed E-state index contributed by atoms with van der Waals surface area (Å²) in [7, 11) is 0.